The molecule has 1 amide bonds. The minimum atomic E-state index is -0.235. The van der Waals surface area contributed by atoms with Gasteiger partial charge in [0.05, 0.1) is 22.0 Å². The van der Waals surface area contributed by atoms with E-state index in [2.05, 4.69) is 20.3 Å². The second-order valence-electron chi connectivity index (χ2n) is 5.64. The molecule has 0 fully saturated rings. The molecule has 2 heterocycles. The predicted octanol–water partition coefficient (Wildman–Crippen LogP) is 3.36. The van der Waals surface area contributed by atoms with Crippen molar-refractivity contribution in [1.29, 1.82) is 0 Å². The molecule has 6 nitrogen and oxygen atoms in total. The Hall–Kier alpha value is -2.99. The van der Waals surface area contributed by atoms with Crippen LogP contribution < -0.4 is 11.1 Å². The summed E-state index contributed by atoms with van der Waals surface area (Å²) >= 11 is 6.31. The fourth-order valence-electron chi connectivity index (χ4n) is 2.75. The number of aromatic nitrogens is 3. The molecule has 7 heteroatoms. The average Bonchev–Trinajstić information content (AvgIpc) is 2.67. The number of carbonyl (C=O) groups is 1. The Balaban J connectivity index is 2.18. The molecule has 2 aromatic heterocycles. The van der Waals surface area contributed by atoms with Crippen molar-refractivity contribution in [2.75, 3.05) is 12.8 Å². The molecule has 0 aliphatic carbocycles. The van der Waals surface area contributed by atoms with Crippen LogP contribution in [0.4, 0.5) is 5.82 Å². The molecule has 132 valence electrons. The lowest BCUT2D eigenvalue weighted by Crippen LogP contribution is -2.18. The smallest absolute Gasteiger partial charge is 0.252 e. The van der Waals surface area contributed by atoms with Crippen molar-refractivity contribution in [2.45, 2.75) is 13.3 Å². The van der Waals surface area contributed by atoms with Gasteiger partial charge in [-0.3, -0.25) is 4.79 Å². The molecule has 0 saturated heterocycles. The predicted molar refractivity (Wildman–Crippen MR) is 103 cm³/mol. The highest BCUT2D eigenvalue weighted by atomic mass is 35.5. The van der Waals surface area contributed by atoms with Crippen LogP contribution in [0.25, 0.3) is 22.4 Å². The Morgan fingerprint density at radius 2 is 1.92 bits per heavy atom. The normalized spacial score (nSPS) is 10.6. The van der Waals surface area contributed by atoms with Crippen LogP contribution in [0.15, 0.2) is 42.9 Å². The number of halogens is 1. The summed E-state index contributed by atoms with van der Waals surface area (Å²) in [7, 11) is 1.57. The first-order valence-corrected chi connectivity index (χ1v) is 8.50. The molecule has 0 aliphatic heterocycles. The number of anilines is 1. The van der Waals surface area contributed by atoms with Gasteiger partial charge < -0.3 is 11.1 Å². The monoisotopic (exact) mass is 367 g/mol. The molecule has 0 aliphatic rings. The van der Waals surface area contributed by atoms with Gasteiger partial charge in [-0.15, -0.1) is 0 Å². The molecule has 26 heavy (non-hydrogen) atoms. The third-order valence-corrected chi connectivity index (χ3v) is 4.36. The van der Waals surface area contributed by atoms with Crippen molar-refractivity contribution < 1.29 is 4.79 Å². The number of benzene rings is 1. The molecular weight excluding hydrogens is 350 g/mol. The molecule has 0 atom stereocenters. The maximum Gasteiger partial charge on any atom is 0.252 e. The largest absolute Gasteiger partial charge is 0.384 e. The topological polar surface area (TPSA) is 93.8 Å². The maximum atomic E-state index is 11.9. The molecule has 3 rings (SSSR count). The number of aryl methyl sites for hydroxylation is 1. The molecular formula is C19H18ClN5O. The number of carbonyl (C=O) groups excluding carboxylic acids is 1. The van der Waals surface area contributed by atoms with E-state index in [1.54, 1.807) is 31.4 Å². The molecule has 0 spiro atoms. The standard InChI is InChI=1S/C19H18ClN5O/c1-3-15-17(12-5-7-16(21)23-9-12)18(25-10-24-15)11-4-6-13(14(20)8-11)19(26)22-2/h4-10H,3H2,1-2H3,(H2,21,23)(H,22,26). The molecule has 1 aromatic carbocycles. The number of nitrogens with two attached hydrogens (primary N) is 1. The SMILES string of the molecule is CCc1ncnc(-c2ccc(C(=O)NC)c(Cl)c2)c1-c1ccc(N)nc1. The molecule has 0 bridgehead atoms. The van der Waals surface area contributed by atoms with Gasteiger partial charge in [-0.2, -0.15) is 0 Å². The Morgan fingerprint density at radius 1 is 1.15 bits per heavy atom. The quantitative estimate of drug-likeness (QED) is 0.737. The summed E-state index contributed by atoms with van der Waals surface area (Å²) in [6, 6.07) is 8.89. The van der Waals surface area contributed by atoms with Crippen LogP contribution in [0.1, 0.15) is 23.0 Å². The van der Waals surface area contributed by atoms with E-state index in [0.717, 1.165) is 34.5 Å². The van der Waals surface area contributed by atoms with Gasteiger partial charge >= 0.3 is 0 Å². The maximum absolute atomic E-state index is 11.9. The first-order valence-electron chi connectivity index (χ1n) is 8.13. The van der Waals surface area contributed by atoms with Crippen LogP contribution in [0.5, 0.6) is 0 Å². The number of hydrogen-bond acceptors (Lipinski definition) is 5. The van der Waals surface area contributed by atoms with Crippen LogP contribution in [0, 0.1) is 0 Å². The van der Waals surface area contributed by atoms with Crippen molar-refractivity contribution in [3.05, 3.63) is 59.1 Å². The van der Waals surface area contributed by atoms with Crippen molar-refractivity contribution in [3.8, 4) is 22.4 Å². The van der Waals surface area contributed by atoms with E-state index in [9.17, 15) is 4.79 Å². The van der Waals surface area contributed by atoms with E-state index in [1.165, 1.54) is 6.33 Å². The first-order chi connectivity index (χ1) is 12.5. The second kappa shape index (κ2) is 7.49. The van der Waals surface area contributed by atoms with Crippen molar-refractivity contribution in [1.82, 2.24) is 20.3 Å². The third-order valence-electron chi connectivity index (χ3n) is 4.05. The lowest BCUT2D eigenvalue weighted by molar-refractivity contribution is 0.0963. The van der Waals surface area contributed by atoms with Gasteiger partial charge in [-0.1, -0.05) is 24.6 Å². The Labute approximate surface area is 156 Å². The number of amides is 1. The molecule has 3 N–H and O–H groups in total. The molecule has 0 unspecified atom stereocenters. The van der Waals surface area contributed by atoms with Crippen LogP contribution in [-0.2, 0) is 6.42 Å². The fourth-order valence-corrected chi connectivity index (χ4v) is 3.01. The summed E-state index contributed by atoms with van der Waals surface area (Å²) in [4.78, 5) is 24.9. The van der Waals surface area contributed by atoms with E-state index < -0.39 is 0 Å². The summed E-state index contributed by atoms with van der Waals surface area (Å²) in [6.45, 7) is 2.03. The molecule has 0 radical (unpaired) electrons. The number of rotatable bonds is 4. The summed E-state index contributed by atoms with van der Waals surface area (Å²) in [5.41, 5.74) is 10.3. The third kappa shape index (κ3) is 3.36. The summed E-state index contributed by atoms with van der Waals surface area (Å²) in [6.07, 6.45) is 3.97. The zero-order valence-corrected chi connectivity index (χ0v) is 15.2. The van der Waals surface area contributed by atoms with Gasteiger partial charge in [0, 0.05) is 29.9 Å². The second-order valence-corrected chi connectivity index (χ2v) is 6.05. The van der Waals surface area contributed by atoms with Gasteiger partial charge in [-0.05, 0) is 30.7 Å². The highest BCUT2D eigenvalue weighted by Crippen LogP contribution is 2.34. The van der Waals surface area contributed by atoms with Crippen molar-refractivity contribution in [2.24, 2.45) is 0 Å². The van der Waals surface area contributed by atoms with Crippen molar-refractivity contribution in [3.63, 3.8) is 0 Å². The lowest BCUT2D eigenvalue weighted by Gasteiger charge is -2.13. The molecule has 3 aromatic rings. The highest BCUT2D eigenvalue weighted by molar-refractivity contribution is 6.34. The summed E-state index contributed by atoms with van der Waals surface area (Å²) in [5.74, 6) is 0.213. The van der Waals surface area contributed by atoms with E-state index in [4.69, 9.17) is 17.3 Å². The fraction of sp³-hybridized carbons (Fsp3) is 0.158. The van der Waals surface area contributed by atoms with Gasteiger partial charge in [0.2, 0.25) is 0 Å². The lowest BCUT2D eigenvalue weighted by atomic mass is 9.97. The van der Waals surface area contributed by atoms with Crippen LogP contribution in [0.2, 0.25) is 5.02 Å². The Bertz CT molecular complexity index is 957. The molecule has 0 saturated carbocycles. The van der Waals surface area contributed by atoms with Crippen LogP contribution in [-0.4, -0.2) is 27.9 Å². The van der Waals surface area contributed by atoms with E-state index in [-0.39, 0.29) is 5.91 Å². The number of nitrogen functional groups attached to an aromatic ring is 1. The van der Waals surface area contributed by atoms with E-state index in [1.807, 2.05) is 19.1 Å². The number of nitrogens with zero attached hydrogens (tertiary/aromatic N) is 3. The van der Waals surface area contributed by atoms with Crippen molar-refractivity contribution >= 4 is 23.3 Å². The zero-order chi connectivity index (χ0) is 18.7. The van der Waals surface area contributed by atoms with Gasteiger partial charge in [0.25, 0.3) is 5.91 Å². The summed E-state index contributed by atoms with van der Waals surface area (Å²) < 4.78 is 0. The summed E-state index contributed by atoms with van der Waals surface area (Å²) in [5, 5.41) is 2.93. The van der Waals surface area contributed by atoms with Gasteiger partial charge in [-0.25, -0.2) is 15.0 Å². The van der Waals surface area contributed by atoms with E-state index >= 15 is 0 Å². The number of nitrogens with one attached hydrogen (secondary N) is 1. The Morgan fingerprint density at radius 3 is 2.54 bits per heavy atom. The zero-order valence-electron chi connectivity index (χ0n) is 14.5. The Kier molecular flexibility index (Phi) is 5.14. The first kappa shape index (κ1) is 17.8. The average molecular weight is 368 g/mol. The number of hydrogen-bond donors (Lipinski definition) is 2. The minimum Gasteiger partial charge on any atom is -0.384 e. The van der Waals surface area contributed by atoms with Crippen LogP contribution in [0.3, 0.4) is 0 Å². The highest BCUT2D eigenvalue weighted by Gasteiger charge is 2.17. The van der Waals surface area contributed by atoms with E-state index in [0.29, 0.717) is 16.4 Å². The van der Waals surface area contributed by atoms with Crippen LogP contribution >= 0.6 is 11.6 Å². The van der Waals surface area contributed by atoms with Gasteiger partial charge in [0.15, 0.2) is 0 Å². The number of pyridine rings is 1. The minimum absolute atomic E-state index is 0.235. The van der Waals surface area contributed by atoms with Gasteiger partial charge in [0.1, 0.15) is 12.1 Å².